The summed E-state index contributed by atoms with van der Waals surface area (Å²) >= 11 is 5.18. The van der Waals surface area contributed by atoms with Gasteiger partial charge < -0.3 is 4.57 Å². The molecule has 0 saturated carbocycles. The number of hydrogen-bond acceptors (Lipinski definition) is 3. The second kappa shape index (κ2) is 8.20. The number of aryl methyl sites for hydroxylation is 1. The Balaban J connectivity index is 1.87. The van der Waals surface area contributed by atoms with Gasteiger partial charge in [-0.05, 0) is 68.9 Å². The van der Waals surface area contributed by atoms with Crippen LogP contribution in [0.5, 0.6) is 0 Å². The van der Waals surface area contributed by atoms with E-state index in [1.165, 1.54) is 12.1 Å². The monoisotopic (exact) mass is 419 g/mol. The molecule has 4 rings (SSSR count). The summed E-state index contributed by atoms with van der Waals surface area (Å²) in [4.78, 5) is 0. The van der Waals surface area contributed by atoms with Crippen molar-refractivity contribution in [2.24, 2.45) is 5.10 Å². The number of nitrogens with one attached hydrogen (secondary N) is 1. The number of hydrogen-bond donors (Lipinski definition) is 1. The second-order valence-corrected chi connectivity index (χ2v) is 7.65. The van der Waals surface area contributed by atoms with E-state index in [0.29, 0.717) is 10.6 Å². The Morgan fingerprint density at radius 2 is 1.87 bits per heavy atom. The van der Waals surface area contributed by atoms with Gasteiger partial charge >= 0.3 is 0 Å². The topological polar surface area (TPSA) is 50.9 Å². The summed E-state index contributed by atoms with van der Waals surface area (Å²) in [5.74, 6) is 0.441. The summed E-state index contributed by atoms with van der Waals surface area (Å²) in [6, 6.07) is 15.2. The number of halogens is 1. The Hall–Kier alpha value is -3.32. The minimum Gasteiger partial charge on any atom is -0.338 e. The minimum atomic E-state index is -0.247. The molecule has 5 nitrogen and oxygen atoms in total. The average molecular weight is 420 g/mol. The van der Waals surface area contributed by atoms with E-state index in [9.17, 15) is 4.39 Å². The quantitative estimate of drug-likeness (QED) is 0.312. The van der Waals surface area contributed by atoms with Gasteiger partial charge in [0.25, 0.3) is 0 Å². The number of benzene rings is 2. The molecule has 0 aliphatic heterocycles. The molecule has 0 bridgehead atoms. The Morgan fingerprint density at radius 1 is 1.13 bits per heavy atom. The Morgan fingerprint density at radius 3 is 2.53 bits per heavy atom. The first-order valence-corrected chi connectivity index (χ1v) is 10.1. The van der Waals surface area contributed by atoms with Crippen molar-refractivity contribution < 1.29 is 4.39 Å². The summed E-state index contributed by atoms with van der Waals surface area (Å²) < 4.78 is 17.8. The first-order valence-electron chi connectivity index (χ1n) is 9.71. The predicted octanol–water partition coefficient (Wildman–Crippen LogP) is 6.14. The van der Waals surface area contributed by atoms with Crippen molar-refractivity contribution in [3.05, 3.63) is 76.7 Å². The molecule has 0 fully saturated rings. The molecule has 0 aliphatic carbocycles. The highest BCUT2D eigenvalue weighted by molar-refractivity contribution is 7.71. The number of nitrogens with zero attached hydrogens (tertiary/aromatic N) is 4. The Labute approximate surface area is 179 Å². The van der Waals surface area contributed by atoms with Crippen molar-refractivity contribution in [3.8, 4) is 11.1 Å². The molecule has 0 unspecified atom stereocenters. The summed E-state index contributed by atoms with van der Waals surface area (Å²) in [5.41, 5.74) is 4.21. The van der Waals surface area contributed by atoms with E-state index in [0.717, 1.165) is 27.7 Å². The maximum atomic E-state index is 13.5. The van der Waals surface area contributed by atoms with Gasteiger partial charge in [0.1, 0.15) is 11.6 Å². The van der Waals surface area contributed by atoms with Gasteiger partial charge in [0.15, 0.2) is 0 Å². The van der Waals surface area contributed by atoms with E-state index >= 15 is 0 Å². The van der Waals surface area contributed by atoms with Crippen LogP contribution in [-0.4, -0.2) is 25.7 Å². The lowest BCUT2D eigenvalue weighted by atomic mass is 10.0. The van der Waals surface area contributed by atoms with Crippen LogP contribution in [0.15, 0.2) is 59.7 Å². The van der Waals surface area contributed by atoms with E-state index in [-0.39, 0.29) is 11.9 Å². The molecular formula is C23H22FN5S. The lowest BCUT2D eigenvalue weighted by Crippen LogP contribution is -2.03. The molecule has 2 aromatic carbocycles. The Kier molecular flexibility index (Phi) is 5.46. The molecule has 0 spiro atoms. The molecule has 1 N–H and O–H groups in total. The minimum absolute atomic E-state index is 0.241. The van der Waals surface area contributed by atoms with Crippen molar-refractivity contribution in [3.63, 3.8) is 0 Å². The van der Waals surface area contributed by atoms with Crippen LogP contribution in [0, 0.1) is 17.5 Å². The number of para-hydroxylation sites is 1. The maximum Gasteiger partial charge on any atom is 0.216 e. The van der Waals surface area contributed by atoms with Crippen LogP contribution in [0.25, 0.3) is 28.1 Å². The van der Waals surface area contributed by atoms with Crippen molar-refractivity contribution >= 4 is 35.4 Å². The van der Waals surface area contributed by atoms with Crippen LogP contribution < -0.4 is 0 Å². The summed E-state index contributed by atoms with van der Waals surface area (Å²) in [6.45, 7) is 6.14. The molecule has 0 amide bonds. The van der Waals surface area contributed by atoms with Crippen molar-refractivity contribution in [1.82, 2.24) is 19.4 Å². The zero-order valence-corrected chi connectivity index (χ0v) is 17.8. The van der Waals surface area contributed by atoms with Gasteiger partial charge in [0.2, 0.25) is 4.77 Å². The number of aromatic amines is 1. The highest BCUT2D eigenvalue weighted by Crippen LogP contribution is 2.37. The summed E-state index contributed by atoms with van der Waals surface area (Å²) in [7, 11) is 0. The largest absolute Gasteiger partial charge is 0.338 e. The molecule has 30 heavy (non-hydrogen) atoms. The first kappa shape index (κ1) is 20.0. The van der Waals surface area contributed by atoms with Gasteiger partial charge in [0.05, 0.1) is 0 Å². The maximum absolute atomic E-state index is 13.5. The summed E-state index contributed by atoms with van der Waals surface area (Å²) in [5, 5.41) is 12.3. The van der Waals surface area contributed by atoms with E-state index in [4.69, 9.17) is 12.2 Å². The number of fused-ring (bicyclic) bond motifs is 1. The highest BCUT2D eigenvalue weighted by atomic mass is 32.1. The van der Waals surface area contributed by atoms with Crippen LogP contribution in [-0.2, 0) is 0 Å². The molecular weight excluding hydrogens is 397 g/mol. The van der Waals surface area contributed by atoms with Crippen LogP contribution in [0.4, 0.5) is 4.39 Å². The fourth-order valence-corrected chi connectivity index (χ4v) is 3.89. The average Bonchev–Trinajstić information content (AvgIpc) is 3.23. The number of allylic oxidation sites excluding steroid dienone is 1. The van der Waals surface area contributed by atoms with Gasteiger partial charge in [0, 0.05) is 34.4 Å². The zero-order chi connectivity index (χ0) is 21.3. The van der Waals surface area contributed by atoms with Crippen molar-refractivity contribution in [2.45, 2.75) is 26.8 Å². The normalized spacial score (nSPS) is 12.2. The number of H-pyrrole nitrogens is 1. The predicted molar refractivity (Wildman–Crippen MR) is 123 cm³/mol. The smallest absolute Gasteiger partial charge is 0.216 e. The standard InChI is InChI=1S/C23H22FN5S/c1-15(2)28-20-8-5-4-7-19(20)22(17-10-12-18(24)13-11-17)21(28)9-6-14-25-29-16(3)26-27-23(29)30/h4-15H,1-3H3,(H,27,30)/b9-6+,25-14?. The summed E-state index contributed by atoms with van der Waals surface area (Å²) in [6.07, 6.45) is 5.60. The van der Waals surface area contributed by atoms with E-state index < -0.39 is 0 Å². The Bertz CT molecular complexity index is 1310. The number of aromatic nitrogens is 4. The highest BCUT2D eigenvalue weighted by Gasteiger charge is 2.18. The first-order chi connectivity index (χ1) is 14.5. The third-order valence-corrected chi connectivity index (χ3v) is 5.20. The molecule has 2 aromatic heterocycles. The molecule has 7 heteroatoms. The van der Waals surface area contributed by atoms with Crippen LogP contribution >= 0.6 is 12.2 Å². The van der Waals surface area contributed by atoms with Gasteiger partial charge in [-0.25, -0.2) is 4.39 Å². The second-order valence-electron chi connectivity index (χ2n) is 7.26. The molecule has 2 heterocycles. The van der Waals surface area contributed by atoms with E-state index in [1.807, 2.05) is 43.3 Å². The molecule has 0 aliphatic rings. The lowest BCUT2D eigenvalue weighted by Gasteiger charge is -2.13. The van der Waals surface area contributed by atoms with Crippen molar-refractivity contribution in [1.29, 1.82) is 0 Å². The van der Waals surface area contributed by atoms with Gasteiger partial charge in [-0.15, -0.1) is 0 Å². The third-order valence-electron chi connectivity index (χ3n) is 4.93. The fraction of sp³-hybridized carbons (Fsp3) is 0.174. The van der Waals surface area contributed by atoms with Crippen molar-refractivity contribution in [2.75, 3.05) is 0 Å². The number of rotatable bonds is 5. The van der Waals surface area contributed by atoms with Gasteiger partial charge in [-0.3, -0.25) is 5.10 Å². The third kappa shape index (κ3) is 3.64. The lowest BCUT2D eigenvalue weighted by molar-refractivity contribution is 0.619. The van der Waals surface area contributed by atoms with Gasteiger partial charge in [-0.2, -0.15) is 14.9 Å². The zero-order valence-electron chi connectivity index (χ0n) is 17.0. The van der Waals surface area contributed by atoms with Crippen LogP contribution in [0.2, 0.25) is 0 Å². The SMILES string of the molecule is Cc1n[nH]c(=S)n1N=C/C=C/c1c(-c2ccc(F)cc2)c2ccccc2n1C(C)C. The van der Waals surface area contributed by atoms with Crippen LogP contribution in [0.3, 0.4) is 0 Å². The van der Waals surface area contributed by atoms with E-state index in [2.05, 4.69) is 45.8 Å². The van der Waals surface area contributed by atoms with Crippen LogP contribution in [0.1, 0.15) is 31.4 Å². The molecule has 152 valence electrons. The molecule has 0 atom stereocenters. The van der Waals surface area contributed by atoms with E-state index in [1.54, 1.807) is 10.9 Å². The molecule has 0 saturated heterocycles. The fourth-order valence-electron chi connectivity index (χ4n) is 3.67. The van der Waals surface area contributed by atoms with Gasteiger partial charge in [-0.1, -0.05) is 30.3 Å². The molecule has 4 aromatic rings. The molecule has 0 radical (unpaired) electrons.